The number of hydrogen-bond acceptors (Lipinski definition) is 7. The fraction of sp³-hybridized carbons (Fsp3) is 0.682. The molecule has 10 nitrogen and oxygen atoms in total. The van der Waals surface area contributed by atoms with Crippen molar-refractivity contribution >= 4 is 47.8 Å². The summed E-state index contributed by atoms with van der Waals surface area (Å²) in [6.45, 7) is 9.62. The number of guanidine groups is 1. The lowest BCUT2D eigenvalue weighted by Crippen LogP contribution is -2.49. The summed E-state index contributed by atoms with van der Waals surface area (Å²) in [5.41, 5.74) is 0. The van der Waals surface area contributed by atoms with Crippen LogP contribution in [0, 0.1) is 5.92 Å². The number of aromatic nitrogens is 2. The molecule has 1 atom stereocenters. The molecule has 1 unspecified atom stereocenters. The average Bonchev–Trinajstić information content (AvgIpc) is 2.84. The van der Waals surface area contributed by atoms with Crippen molar-refractivity contribution in [2.75, 3.05) is 63.9 Å². The van der Waals surface area contributed by atoms with Gasteiger partial charge in [-0.1, -0.05) is 0 Å². The van der Waals surface area contributed by atoms with Gasteiger partial charge in [-0.25, -0.2) is 9.97 Å². The number of ether oxygens (including phenoxy) is 1. The number of amides is 1. The summed E-state index contributed by atoms with van der Waals surface area (Å²) in [6, 6.07) is 1.80. The van der Waals surface area contributed by atoms with Gasteiger partial charge in [-0.05, 0) is 32.8 Å². The van der Waals surface area contributed by atoms with Crippen molar-refractivity contribution in [2.24, 2.45) is 10.9 Å². The van der Waals surface area contributed by atoms with Gasteiger partial charge in [0.1, 0.15) is 0 Å². The van der Waals surface area contributed by atoms with E-state index in [1.807, 2.05) is 18.7 Å². The molecule has 0 saturated carbocycles. The molecule has 2 aliphatic heterocycles. The van der Waals surface area contributed by atoms with Gasteiger partial charge in [0, 0.05) is 64.6 Å². The van der Waals surface area contributed by atoms with E-state index in [1.165, 1.54) is 0 Å². The zero-order chi connectivity index (χ0) is 22.8. The number of nitrogens with zero attached hydrogens (tertiary/aromatic N) is 6. The van der Waals surface area contributed by atoms with Crippen LogP contribution in [-0.4, -0.2) is 96.6 Å². The topological polar surface area (TPSA) is 103 Å². The molecule has 33 heavy (non-hydrogen) atoms. The lowest BCUT2D eigenvalue weighted by atomic mass is 9.98. The molecular weight excluding hydrogens is 537 g/mol. The zero-order valence-electron chi connectivity index (χ0n) is 19.6. The smallest absolute Gasteiger partial charge is 0.310 e. The van der Waals surface area contributed by atoms with Crippen molar-refractivity contribution in [1.29, 1.82) is 0 Å². The number of halogens is 1. The van der Waals surface area contributed by atoms with Gasteiger partial charge in [0.2, 0.25) is 11.9 Å². The molecule has 184 valence electrons. The molecular formula is C22H36IN7O3. The van der Waals surface area contributed by atoms with Crippen LogP contribution in [0.15, 0.2) is 23.5 Å². The van der Waals surface area contributed by atoms with Crippen molar-refractivity contribution in [3.8, 4) is 0 Å². The molecule has 1 aromatic rings. The normalized spacial score (nSPS) is 19.0. The van der Waals surface area contributed by atoms with Crippen LogP contribution in [0.1, 0.15) is 33.1 Å². The Labute approximate surface area is 213 Å². The number of likely N-dealkylation sites (tertiary alicyclic amines) is 1. The van der Waals surface area contributed by atoms with Gasteiger partial charge in [0.15, 0.2) is 5.96 Å². The van der Waals surface area contributed by atoms with E-state index in [-0.39, 0.29) is 41.8 Å². The second-order valence-electron chi connectivity index (χ2n) is 7.94. The molecule has 1 N–H and O–H groups in total. The number of piperazine rings is 1. The van der Waals surface area contributed by atoms with Crippen molar-refractivity contribution in [1.82, 2.24) is 25.1 Å². The van der Waals surface area contributed by atoms with E-state index in [1.54, 1.807) is 18.5 Å². The van der Waals surface area contributed by atoms with Gasteiger partial charge < -0.3 is 24.8 Å². The van der Waals surface area contributed by atoms with Gasteiger partial charge >= 0.3 is 5.97 Å². The summed E-state index contributed by atoms with van der Waals surface area (Å²) in [6.07, 6.45) is 5.59. The number of carbonyl (C=O) groups is 2. The third-order valence-electron chi connectivity index (χ3n) is 5.73. The van der Waals surface area contributed by atoms with Crippen molar-refractivity contribution < 1.29 is 14.3 Å². The van der Waals surface area contributed by atoms with Crippen LogP contribution < -0.4 is 10.2 Å². The first-order chi connectivity index (χ1) is 15.6. The zero-order valence-corrected chi connectivity index (χ0v) is 21.9. The maximum absolute atomic E-state index is 12.7. The van der Waals surface area contributed by atoms with Crippen LogP contribution in [0.4, 0.5) is 5.95 Å². The van der Waals surface area contributed by atoms with Crippen LogP contribution in [0.25, 0.3) is 0 Å². The molecule has 2 aliphatic rings. The summed E-state index contributed by atoms with van der Waals surface area (Å²) in [5, 5.41) is 3.30. The minimum absolute atomic E-state index is 0. The third kappa shape index (κ3) is 7.97. The number of nitrogens with one attached hydrogen (secondary N) is 1. The molecule has 3 heterocycles. The van der Waals surface area contributed by atoms with E-state index in [0.29, 0.717) is 45.2 Å². The highest BCUT2D eigenvalue weighted by Gasteiger charge is 2.28. The molecule has 0 radical (unpaired) electrons. The van der Waals surface area contributed by atoms with Gasteiger partial charge in [-0.2, -0.15) is 0 Å². The first-order valence-electron chi connectivity index (χ1n) is 11.6. The van der Waals surface area contributed by atoms with Gasteiger partial charge in [-0.3, -0.25) is 14.6 Å². The maximum Gasteiger partial charge on any atom is 0.310 e. The minimum atomic E-state index is -0.136. The fourth-order valence-corrected chi connectivity index (χ4v) is 4.07. The summed E-state index contributed by atoms with van der Waals surface area (Å²) >= 11 is 0. The Bertz CT molecular complexity index is 773. The van der Waals surface area contributed by atoms with Crippen molar-refractivity contribution in [2.45, 2.75) is 33.1 Å². The number of anilines is 1. The number of hydrogen-bond donors (Lipinski definition) is 1. The van der Waals surface area contributed by atoms with Crippen LogP contribution in [0.5, 0.6) is 0 Å². The molecule has 0 bridgehead atoms. The maximum atomic E-state index is 12.7. The Kier molecular flexibility index (Phi) is 11.6. The Morgan fingerprint density at radius 1 is 1.12 bits per heavy atom. The molecule has 2 saturated heterocycles. The van der Waals surface area contributed by atoms with Gasteiger partial charge in [0.05, 0.1) is 19.1 Å². The van der Waals surface area contributed by atoms with E-state index in [0.717, 1.165) is 45.0 Å². The lowest BCUT2D eigenvalue weighted by Gasteiger charge is -2.35. The largest absolute Gasteiger partial charge is 0.466 e. The predicted molar refractivity (Wildman–Crippen MR) is 138 cm³/mol. The SMILES string of the molecule is CCNC(=NCCC(=O)N1CCN(c2ncccn2)CC1)N1CCCC(C(=O)OCC)C1.I. The third-order valence-corrected chi connectivity index (χ3v) is 5.73. The van der Waals surface area contributed by atoms with E-state index in [9.17, 15) is 9.59 Å². The highest BCUT2D eigenvalue weighted by Crippen LogP contribution is 2.18. The summed E-state index contributed by atoms with van der Waals surface area (Å²) < 4.78 is 5.20. The van der Waals surface area contributed by atoms with Crippen LogP contribution in [-0.2, 0) is 14.3 Å². The van der Waals surface area contributed by atoms with Crippen molar-refractivity contribution in [3.05, 3.63) is 18.5 Å². The quantitative estimate of drug-likeness (QED) is 0.226. The van der Waals surface area contributed by atoms with Crippen LogP contribution in [0.2, 0.25) is 0 Å². The number of aliphatic imine (C=N–C) groups is 1. The van der Waals surface area contributed by atoms with E-state index < -0.39 is 0 Å². The molecule has 0 spiro atoms. The van der Waals surface area contributed by atoms with Crippen LogP contribution >= 0.6 is 24.0 Å². The Morgan fingerprint density at radius 2 is 1.85 bits per heavy atom. The predicted octanol–water partition coefficient (Wildman–Crippen LogP) is 1.37. The van der Waals surface area contributed by atoms with Crippen molar-refractivity contribution in [3.63, 3.8) is 0 Å². The molecule has 2 fully saturated rings. The standard InChI is InChI=1S/C22H35N7O3.HI/c1-3-23-21(29-12-5-7-18(17-29)20(31)32-4-2)26-11-8-19(30)27-13-15-28(16-14-27)22-24-9-6-10-25-22;/h6,9-10,18H,3-5,7-8,11-17H2,1-2H3,(H,23,26);1H. The minimum Gasteiger partial charge on any atom is -0.466 e. The van der Waals surface area contributed by atoms with Gasteiger partial charge in [0.25, 0.3) is 0 Å². The lowest BCUT2D eigenvalue weighted by molar-refractivity contribution is -0.149. The summed E-state index contributed by atoms with van der Waals surface area (Å²) in [5.74, 6) is 1.33. The van der Waals surface area contributed by atoms with E-state index in [4.69, 9.17) is 4.74 Å². The molecule has 1 amide bonds. The Balaban J connectivity index is 0.00000385. The van der Waals surface area contributed by atoms with E-state index >= 15 is 0 Å². The second kappa shape index (κ2) is 14.2. The highest BCUT2D eigenvalue weighted by molar-refractivity contribution is 14.0. The molecule has 1 aromatic heterocycles. The number of carbonyl (C=O) groups excluding carboxylic acids is 2. The number of rotatable bonds is 7. The summed E-state index contributed by atoms with van der Waals surface area (Å²) in [7, 11) is 0. The average molecular weight is 573 g/mol. The highest BCUT2D eigenvalue weighted by atomic mass is 127. The first kappa shape index (κ1) is 27.1. The molecule has 3 rings (SSSR count). The first-order valence-corrected chi connectivity index (χ1v) is 11.6. The van der Waals surface area contributed by atoms with Gasteiger partial charge in [-0.15, -0.1) is 24.0 Å². The molecule has 0 aliphatic carbocycles. The van der Waals surface area contributed by atoms with Crippen LogP contribution in [0.3, 0.4) is 0 Å². The van der Waals surface area contributed by atoms with E-state index in [2.05, 4.69) is 30.1 Å². The molecule has 11 heteroatoms. The number of esters is 1. The number of piperidine rings is 1. The Morgan fingerprint density at radius 3 is 2.52 bits per heavy atom. The Hall–Kier alpha value is -2.18. The summed E-state index contributed by atoms with van der Waals surface area (Å²) in [4.78, 5) is 44.2. The molecule has 0 aromatic carbocycles. The second-order valence-corrected chi connectivity index (χ2v) is 7.94. The fourth-order valence-electron chi connectivity index (χ4n) is 4.07. The monoisotopic (exact) mass is 573 g/mol.